The van der Waals surface area contributed by atoms with E-state index in [1.54, 1.807) is 12.1 Å². The minimum absolute atomic E-state index is 0.245. The largest absolute Gasteiger partial charge is 0.360 e. The lowest BCUT2D eigenvalue weighted by Crippen LogP contribution is -2.20. The van der Waals surface area contributed by atoms with Gasteiger partial charge in [0.05, 0.1) is 27.8 Å². The first-order valence-electron chi connectivity index (χ1n) is 20.7. The molecule has 0 aliphatic carbocycles. The maximum Gasteiger partial charge on any atom is 0.145 e. The molecule has 12 rings (SSSR count). The van der Waals surface area contributed by atoms with Gasteiger partial charge in [-0.3, -0.25) is 4.99 Å². The predicted octanol–water partition coefficient (Wildman–Crippen LogP) is 14.3. The molecule has 288 valence electrons. The van der Waals surface area contributed by atoms with Crippen molar-refractivity contribution < 1.29 is 4.39 Å². The van der Waals surface area contributed by atoms with Crippen LogP contribution in [0.5, 0.6) is 0 Å². The number of halogens is 1. The van der Waals surface area contributed by atoms with Gasteiger partial charge in [0.1, 0.15) is 12.0 Å². The summed E-state index contributed by atoms with van der Waals surface area (Å²) in [5.41, 5.74) is 16.2. The van der Waals surface area contributed by atoms with Crippen LogP contribution in [0.4, 0.5) is 10.1 Å². The monoisotopic (exact) mass is 784 g/mol. The molecule has 1 aliphatic heterocycles. The van der Waals surface area contributed by atoms with Gasteiger partial charge in [-0.05, 0) is 94.5 Å². The van der Waals surface area contributed by atoms with E-state index in [1.165, 1.54) is 28.0 Å². The van der Waals surface area contributed by atoms with Crippen LogP contribution in [0.25, 0.3) is 77.2 Å². The summed E-state index contributed by atoms with van der Waals surface area (Å²) in [6.45, 7) is 0. The Bertz CT molecular complexity index is 3500. The van der Waals surface area contributed by atoms with Crippen LogP contribution in [0.2, 0.25) is 0 Å². The van der Waals surface area contributed by atoms with E-state index in [4.69, 9.17) is 4.99 Å². The van der Waals surface area contributed by atoms with E-state index in [1.807, 2.05) is 18.2 Å². The zero-order valence-electron chi connectivity index (χ0n) is 33.0. The Labute approximate surface area is 352 Å². The van der Waals surface area contributed by atoms with Gasteiger partial charge >= 0.3 is 0 Å². The third-order valence-electron chi connectivity index (χ3n) is 12.2. The van der Waals surface area contributed by atoms with Crippen molar-refractivity contribution in [2.24, 2.45) is 4.99 Å². The van der Waals surface area contributed by atoms with Crippen LogP contribution in [0.15, 0.2) is 217 Å². The second-order valence-electron chi connectivity index (χ2n) is 15.8. The number of hydrogen-bond acceptors (Lipinski definition) is 2. The summed E-state index contributed by atoms with van der Waals surface area (Å²) in [5.74, 6) is -0.254. The number of fused-ring (bicyclic) bond motifs is 7. The van der Waals surface area contributed by atoms with Crippen LogP contribution < -0.4 is 5.32 Å². The number of aromatic nitrogens is 2. The minimum atomic E-state index is -0.254. The van der Waals surface area contributed by atoms with Crippen LogP contribution in [0.1, 0.15) is 22.9 Å². The van der Waals surface area contributed by atoms with Crippen molar-refractivity contribution in [2.45, 2.75) is 6.17 Å². The van der Waals surface area contributed by atoms with E-state index in [2.05, 4.69) is 190 Å². The van der Waals surface area contributed by atoms with Gasteiger partial charge in [-0.15, -0.1) is 0 Å². The number of para-hydroxylation sites is 3. The van der Waals surface area contributed by atoms with Crippen molar-refractivity contribution in [1.29, 1.82) is 0 Å². The molecule has 0 amide bonds. The van der Waals surface area contributed by atoms with E-state index in [0.717, 1.165) is 83.4 Å². The number of nitrogens with one attached hydrogen (secondary N) is 1. The highest BCUT2D eigenvalue weighted by Crippen LogP contribution is 2.39. The quantitative estimate of drug-likeness (QED) is 0.179. The summed E-state index contributed by atoms with van der Waals surface area (Å²) in [7, 11) is 0. The smallest absolute Gasteiger partial charge is 0.145 e. The molecule has 1 aliphatic rings. The van der Waals surface area contributed by atoms with E-state index >= 15 is 0 Å². The average molecular weight is 785 g/mol. The van der Waals surface area contributed by atoms with Gasteiger partial charge < -0.3 is 14.5 Å². The maximum absolute atomic E-state index is 14.6. The van der Waals surface area contributed by atoms with Crippen molar-refractivity contribution in [3.05, 3.63) is 235 Å². The van der Waals surface area contributed by atoms with E-state index < -0.39 is 0 Å². The lowest BCUT2D eigenvalue weighted by atomic mass is 9.95. The molecular weight excluding hydrogens is 748 g/mol. The van der Waals surface area contributed by atoms with E-state index in [9.17, 15) is 4.39 Å². The van der Waals surface area contributed by atoms with Gasteiger partial charge in [-0.1, -0.05) is 146 Å². The number of benzene rings is 9. The third-order valence-corrected chi connectivity index (χ3v) is 12.2. The van der Waals surface area contributed by atoms with Crippen molar-refractivity contribution in [3.8, 4) is 33.6 Å². The molecule has 0 saturated heterocycles. The number of anilines is 1. The fraction of sp³-hybridized carbons (Fsp3) is 0.0179. The molecule has 1 N–H and O–H groups in total. The molecule has 1 unspecified atom stereocenters. The average Bonchev–Trinajstić information content (AvgIpc) is 3.84. The van der Waals surface area contributed by atoms with E-state index in [-0.39, 0.29) is 12.0 Å². The second kappa shape index (κ2) is 14.1. The Morgan fingerprint density at radius 2 is 0.984 bits per heavy atom. The fourth-order valence-electron chi connectivity index (χ4n) is 9.31. The molecule has 1 atom stereocenters. The number of hydrogen-bond donors (Lipinski definition) is 1. The Kier molecular flexibility index (Phi) is 8.07. The SMILES string of the molecule is Fc1cccc(-n2c3ccccc3c3ccc(-c4ccc5c(c4)c4ccccc4n5-c4ccc(C5N=C(c6ccc(-c7ccccc7)cc6)c6ccccc6N5)cc4)cc32)c1. The molecule has 5 heteroatoms. The van der Waals surface area contributed by atoms with Gasteiger partial charge in [0, 0.05) is 49.7 Å². The lowest BCUT2D eigenvalue weighted by Gasteiger charge is -2.26. The molecule has 9 aromatic carbocycles. The first-order chi connectivity index (χ1) is 30.1. The molecule has 2 aromatic heterocycles. The first-order valence-corrected chi connectivity index (χ1v) is 20.7. The first kappa shape index (κ1) is 35.0. The van der Waals surface area contributed by atoms with E-state index in [0.29, 0.717) is 0 Å². The summed E-state index contributed by atoms with van der Waals surface area (Å²) < 4.78 is 19.1. The molecule has 61 heavy (non-hydrogen) atoms. The number of rotatable bonds is 6. The third kappa shape index (κ3) is 5.85. The maximum atomic E-state index is 14.6. The molecule has 0 fully saturated rings. The summed E-state index contributed by atoms with van der Waals surface area (Å²) in [6, 6.07) is 73.7. The van der Waals surface area contributed by atoms with Crippen LogP contribution in [-0.4, -0.2) is 14.8 Å². The van der Waals surface area contributed by atoms with Crippen molar-refractivity contribution in [2.75, 3.05) is 5.32 Å². The standard InChI is InChI=1S/C56H37FN4/c57-42-13-10-14-44(35-42)61-51-19-8-5-15-45(51)47-31-27-41(34-54(47)61)40-28-32-53-49(33-40)46-16-6-9-20-52(46)60(53)43-29-25-39(26-30-43)56-58-50-18-7-4-17-48(50)55(59-56)38-23-21-37(22-24-38)36-11-2-1-3-12-36/h1-35,56,58H. The molecule has 3 heterocycles. The number of aliphatic imine (C=N–C) groups is 1. The summed E-state index contributed by atoms with van der Waals surface area (Å²) in [4.78, 5) is 5.33. The zero-order chi connectivity index (χ0) is 40.4. The Balaban J connectivity index is 0.917. The normalized spacial score (nSPS) is 13.7. The van der Waals surface area contributed by atoms with Crippen LogP contribution >= 0.6 is 0 Å². The topological polar surface area (TPSA) is 34.2 Å². The van der Waals surface area contributed by atoms with Gasteiger partial charge in [-0.2, -0.15) is 0 Å². The van der Waals surface area contributed by atoms with Crippen LogP contribution in [0.3, 0.4) is 0 Å². The molecule has 0 radical (unpaired) electrons. The molecular formula is C56H37FN4. The van der Waals surface area contributed by atoms with Gasteiger partial charge in [0.2, 0.25) is 0 Å². The fourth-order valence-corrected chi connectivity index (χ4v) is 9.31. The van der Waals surface area contributed by atoms with Crippen LogP contribution in [0, 0.1) is 5.82 Å². The van der Waals surface area contributed by atoms with Crippen LogP contribution in [-0.2, 0) is 0 Å². The van der Waals surface area contributed by atoms with Crippen molar-refractivity contribution in [3.63, 3.8) is 0 Å². The Morgan fingerprint density at radius 3 is 1.77 bits per heavy atom. The molecule has 11 aromatic rings. The summed E-state index contributed by atoms with van der Waals surface area (Å²) in [6.07, 6.45) is -0.245. The van der Waals surface area contributed by atoms with Crippen molar-refractivity contribution in [1.82, 2.24) is 9.13 Å². The highest BCUT2D eigenvalue weighted by atomic mass is 19.1. The highest BCUT2D eigenvalue weighted by molar-refractivity contribution is 6.17. The van der Waals surface area contributed by atoms with Gasteiger partial charge in [0.15, 0.2) is 0 Å². The number of nitrogens with zero attached hydrogens (tertiary/aromatic N) is 3. The Hall–Kier alpha value is -8.02. The minimum Gasteiger partial charge on any atom is -0.360 e. The van der Waals surface area contributed by atoms with Gasteiger partial charge in [-0.25, -0.2) is 4.39 Å². The highest BCUT2D eigenvalue weighted by Gasteiger charge is 2.23. The summed E-state index contributed by atoms with van der Waals surface area (Å²) in [5, 5.41) is 8.36. The molecule has 0 saturated carbocycles. The Morgan fingerprint density at radius 1 is 0.393 bits per heavy atom. The molecule has 0 bridgehead atoms. The predicted molar refractivity (Wildman–Crippen MR) is 251 cm³/mol. The summed E-state index contributed by atoms with van der Waals surface area (Å²) >= 11 is 0. The zero-order valence-corrected chi connectivity index (χ0v) is 33.0. The lowest BCUT2D eigenvalue weighted by molar-refractivity contribution is 0.627. The second-order valence-corrected chi connectivity index (χ2v) is 15.8. The molecule has 4 nitrogen and oxygen atoms in total. The van der Waals surface area contributed by atoms with Gasteiger partial charge in [0.25, 0.3) is 0 Å². The molecule has 0 spiro atoms. The van der Waals surface area contributed by atoms with Crippen molar-refractivity contribution >= 4 is 55.0 Å².